The first-order chi connectivity index (χ1) is 16.3. The van der Waals surface area contributed by atoms with E-state index in [0.717, 1.165) is 0 Å². The van der Waals surface area contributed by atoms with Crippen LogP contribution in [0.15, 0.2) is 41.2 Å². The van der Waals surface area contributed by atoms with Crippen LogP contribution in [0.4, 0.5) is 15.1 Å². The molecular formula is C23H22ClFN4O5. The molecule has 1 fully saturated rings. The Bertz CT molecular complexity index is 1320. The van der Waals surface area contributed by atoms with Gasteiger partial charge >= 0.3 is 12.1 Å². The van der Waals surface area contributed by atoms with Crippen LogP contribution in [-0.2, 0) is 9.47 Å². The third kappa shape index (κ3) is 4.41. The molecule has 0 radical (unpaired) electrons. The third-order valence-electron chi connectivity index (χ3n) is 5.52. The Labute approximate surface area is 199 Å². The largest absolute Gasteiger partial charge is 0.465 e. The molecule has 1 aromatic heterocycles. The zero-order valence-electron chi connectivity index (χ0n) is 18.6. The molecule has 34 heavy (non-hydrogen) atoms. The maximum Gasteiger partial charge on any atom is 0.409 e. The molecule has 1 amide bonds. The summed E-state index contributed by atoms with van der Waals surface area (Å²) < 4.78 is 25.0. The Hall–Kier alpha value is -3.66. The van der Waals surface area contributed by atoms with Crippen molar-refractivity contribution in [2.45, 2.75) is 6.92 Å². The fourth-order valence-electron chi connectivity index (χ4n) is 3.79. The number of anilines is 1. The van der Waals surface area contributed by atoms with Gasteiger partial charge in [0.2, 0.25) is 5.95 Å². The summed E-state index contributed by atoms with van der Waals surface area (Å²) >= 11 is 5.99. The number of fused-ring (bicyclic) bond motifs is 1. The van der Waals surface area contributed by atoms with Crippen LogP contribution >= 0.6 is 11.6 Å². The highest BCUT2D eigenvalue weighted by Crippen LogP contribution is 2.25. The van der Waals surface area contributed by atoms with Gasteiger partial charge in [-0.15, -0.1) is 0 Å². The first-order valence-electron chi connectivity index (χ1n) is 10.6. The lowest BCUT2D eigenvalue weighted by Crippen LogP contribution is -2.50. The average Bonchev–Trinajstić information content (AvgIpc) is 2.85. The first-order valence-corrected chi connectivity index (χ1v) is 11.0. The van der Waals surface area contributed by atoms with E-state index in [1.54, 1.807) is 11.8 Å². The van der Waals surface area contributed by atoms with Gasteiger partial charge in [-0.2, -0.15) is 0 Å². The van der Waals surface area contributed by atoms with Crippen LogP contribution in [0.5, 0.6) is 0 Å². The second-order valence-electron chi connectivity index (χ2n) is 7.55. The second-order valence-corrected chi connectivity index (χ2v) is 7.95. The Morgan fingerprint density at radius 1 is 1.12 bits per heavy atom. The highest BCUT2D eigenvalue weighted by molar-refractivity contribution is 6.30. The maximum atomic E-state index is 13.8. The Kier molecular flexibility index (Phi) is 6.69. The SMILES string of the molecule is CCOC(=O)N1CCN(c2nc3cc(C(=O)OC)ccc3c(=O)n2-c2ccc(F)c(Cl)c2)CC1. The van der Waals surface area contributed by atoms with E-state index < -0.39 is 23.4 Å². The number of nitrogens with zero attached hydrogens (tertiary/aromatic N) is 4. The lowest BCUT2D eigenvalue weighted by atomic mass is 10.1. The van der Waals surface area contributed by atoms with Gasteiger partial charge in [0.1, 0.15) is 5.82 Å². The van der Waals surface area contributed by atoms with E-state index in [2.05, 4.69) is 4.98 Å². The molecule has 0 atom stereocenters. The van der Waals surface area contributed by atoms with Gasteiger partial charge in [0.25, 0.3) is 5.56 Å². The van der Waals surface area contributed by atoms with Crippen LogP contribution in [0.25, 0.3) is 16.6 Å². The standard InChI is InChI=1S/C23H22ClFN4O5/c1-3-34-23(32)28-10-8-27(9-11-28)22-26-19-12-14(21(31)33-2)4-6-16(19)20(30)29(22)15-5-7-18(25)17(24)13-15/h4-7,12-13H,3,8-11H2,1-2H3. The molecule has 0 N–H and O–H groups in total. The average molecular weight is 489 g/mol. The minimum Gasteiger partial charge on any atom is -0.465 e. The van der Waals surface area contributed by atoms with Crippen LogP contribution in [0, 0.1) is 5.82 Å². The van der Waals surface area contributed by atoms with E-state index in [1.165, 1.54) is 48.1 Å². The zero-order chi connectivity index (χ0) is 24.4. The van der Waals surface area contributed by atoms with Crippen molar-refractivity contribution in [1.29, 1.82) is 0 Å². The number of methoxy groups -OCH3 is 1. The lowest BCUT2D eigenvalue weighted by molar-refractivity contribution is 0.0600. The van der Waals surface area contributed by atoms with E-state index in [1.807, 2.05) is 4.90 Å². The number of halogens is 2. The zero-order valence-corrected chi connectivity index (χ0v) is 19.3. The number of carbonyl (C=O) groups is 2. The highest BCUT2D eigenvalue weighted by Gasteiger charge is 2.26. The van der Waals surface area contributed by atoms with Gasteiger partial charge in [0, 0.05) is 26.2 Å². The van der Waals surface area contributed by atoms with Crippen molar-refractivity contribution in [2.24, 2.45) is 0 Å². The monoisotopic (exact) mass is 488 g/mol. The normalized spacial score (nSPS) is 13.8. The Morgan fingerprint density at radius 2 is 1.85 bits per heavy atom. The van der Waals surface area contributed by atoms with E-state index in [-0.39, 0.29) is 28.5 Å². The van der Waals surface area contributed by atoms with Crippen molar-refractivity contribution in [2.75, 3.05) is 44.8 Å². The molecule has 9 nitrogen and oxygen atoms in total. The van der Waals surface area contributed by atoms with Gasteiger partial charge in [-0.05, 0) is 43.3 Å². The van der Waals surface area contributed by atoms with Crippen molar-refractivity contribution >= 4 is 40.5 Å². The number of carbonyl (C=O) groups excluding carboxylic acids is 2. The number of piperazine rings is 1. The van der Waals surface area contributed by atoms with Gasteiger partial charge in [0.15, 0.2) is 0 Å². The summed E-state index contributed by atoms with van der Waals surface area (Å²) in [6.45, 7) is 3.49. The van der Waals surface area contributed by atoms with E-state index in [0.29, 0.717) is 37.4 Å². The molecule has 0 unspecified atom stereocenters. The molecule has 2 aromatic carbocycles. The summed E-state index contributed by atoms with van der Waals surface area (Å²) in [6, 6.07) is 8.45. The van der Waals surface area contributed by atoms with Gasteiger partial charge in [-0.25, -0.2) is 23.5 Å². The summed E-state index contributed by atoms with van der Waals surface area (Å²) in [5.41, 5.74) is 0.486. The molecule has 1 saturated heterocycles. The van der Waals surface area contributed by atoms with Crippen molar-refractivity contribution in [3.05, 3.63) is 63.2 Å². The number of ether oxygens (including phenoxy) is 2. The molecule has 3 aromatic rings. The van der Waals surface area contributed by atoms with Crippen LogP contribution in [0.2, 0.25) is 5.02 Å². The second kappa shape index (κ2) is 9.68. The van der Waals surface area contributed by atoms with Gasteiger partial charge in [0.05, 0.1) is 40.9 Å². The van der Waals surface area contributed by atoms with Crippen LogP contribution in [0.1, 0.15) is 17.3 Å². The quantitative estimate of drug-likeness (QED) is 0.520. The van der Waals surface area contributed by atoms with Gasteiger partial charge < -0.3 is 19.3 Å². The van der Waals surface area contributed by atoms with Crippen molar-refractivity contribution < 1.29 is 23.5 Å². The van der Waals surface area contributed by atoms with Gasteiger partial charge in [-0.3, -0.25) is 4.79 Å². The summed E-state index contributed by atoms with van der Waals surface area (Å²) in [5.74, 6) is -0.881. The predicted molar refractivity (Wildman–Crippen MR) is 124 cm³/mol. The molecular weight excluding hydrogens is 467 g/mol. The van der Waals surface area contributed by atoms with E-state index in [4.69, 9.17) is 21.1 Å². The Morgan fingerprint density at radius 3 is 2.50 bits per heavy atom. The molecule has 0 bridgehead atoms. The molecule has 0 spiro atoms. The number of benzene rings is 2. The minimum atomic E-state index is -0.612. The number of amides is 1. The molecule has 0 saturated carbocycles. The molecule has 2 heterocycles. The number of hydrogen-bond donors (Lipinski definition) is 0. The summed E-state index contributed by atoms with van der Waals surface area (Å²) in [6.07, 6.45) is -0.404. The summed E-state index contributed by atoms with van der Waals surface area (Å²) in [5, 5.41) is 0.130. The lowest BCUT2D eigenvalue weighted by Gasteiger charge is -2.35. The summed E-state index contributed by atoms with van der Waals surface area (Å²) in [4.78, 5) is 45.7. The van der Waals surface area contributed by atoms with Crippen LogP contribution in [-0.4, -0.2) is 66.4 Å². The van der Waals surface area contributed by atoms with Crippen LogP contribution in [0.3, 0.4) is 0 Å². The summed E-state index contributed by atoms with van der Waals surface area (Å²) in [7, 11) is 1.27. The van der Waals surface area contributed by atoms with Gasteiger partial charge in [-0.1, -0.05) is 11.6 Å². The topological polar surface area (TPSA) is 94.0 Å². The fraction of sp³-hybridized carbons (Fsp3) is 0.304. The Balaban J connectivity index is 1.83. The van der Waals surface area contributed by atoms with Crippen molar-refractivity contribution in [3.63, 3.8) is 0 Å². The number of rotatable bonds is 4. The van der Waals surface area contributed by atoms with E-state index in [9.17, 15) is 18.8 Å². The molecule has 0 aliphatic carbocycles. The highest BCUT2D eigenvalue weighted by atomic mass is 35.5. The van der Waals surface area contributed by atoms with Crippen molar-refractivity contribution in [3.8, 4) is 5.69 Å². The fourth-order valence-corrected chi connectivity index (χ4v) is 3.97. The first kappa shape index (κ1) is 23.5. The molecule has 1 aliphatic rings. The number of hydrogen-bond acceptors (Lipinski definition) is 7. The van der Waals surface area contributed by atoms with Crippen LogP contribution < -0.4 is 10.5 Å². The maximum absolute atomic E-state index is 13.8. The third-order valence-corrected chi connectivity index (χ3v) is 5.81. The molecule has 1 aliphatic heterocycles. The minimum absolute atomic E-state index is 0.136. The predicted octanol–water partition coefficient (Wildman–Crippen LogP) is 3.24. The van der Waals surface area contributed by atoms with E-state index >= 15 is 0 Å². The molecule has 4 rings (SSSR count). The van der Waals surface area contributed by atoms with Crippen molar-refractivity contribution in [1.82, 2.24) is 14.5 Å². The molecule has 11 heteroatoms. The molecule has 178 valence electrons. The number of aromatic nitrogens is 2. The smallest absolute Gasteiger partial charge is 0.409 e. The number of esters is 1.